The maximum absolute atomic E-state index is 12.1. The summed E-state index contributed by atoms with van der Waals surface area (Å²) >= 11 is 3.18. The van der Waals surface area contributed by atoms with Crippen LogP contribution in [0.1, 0.15) is 1.43 Å². The minimum atomic E-state index is -0.201. The molecule has 9 heavy (non-hydrogen) atoms. The molecule has 1 aromatic carbocycles. The van der Waals surface area contributed by atoms with E-state index in [1.807, 2.05) is 0 Å². The summed E-state index contributed by atoms with van der Waals surface area (Å²) in [6.07, 6.45) is 0. The van der Waals surface area contributed by atoms with Gasteiger partial charge in [-0.05, 0) is 24.3 Å². The van der Waals surface area contributed by atoms with Gasteiger partial charge in [0.1, 0.15) is 5.82 Å². The molecule has 0 spiro atoms. The van der Waals surface area contributed by atoms with E-state index in [1.165, 1.54) is 12.1 Å². The van der Waals surface area contributed by atoms with Crippen molar-refractivity contribution >= 4 is 15.9 Å². The van der Waals surface area contributed by atoms with Crippen molar-refractivity contribution < 1.29 is 35.4 Å². The van der Waals surface area contributed by atoms with Gasteiger partial charge in [0.2, 0.25) is 0 Å². The molecular weight excluding hydrogens is 194 g/mol. The van der Waals surface area contributed by atoms with Gasteiger partial charge in [0.15, 0.2) is 0 Å². The Labute approximate surface area is 85.4 Å². The van der Waals surface area contributed by atoms with Gasteiger partial charge in [0, 0.05) is 4.47 Å². The molecule has 44 valence electrons. The van der Waals surface area contributed by atoms with Crippen LogP contribution >= 0.6 is 15.9 Å². The van der Waals surface area contributed by atoms with Crippen LogP contribution in [0.4, 0.5) is 4.39 Å². The van der Waals surface area contributed by atoms with Crippen LogP contribution in [0.3, 0.4) is 0 Å². The molecule has 0 unspecified atom stereocenters. The topological polar surface area (TPSA) is 0 Å². The second-order valence-electron chi connectivity index (χ2n) is 1.44. The van der Waals surface area contributed by atoms with Crippen LogP contribution in [0.15, 0.2) is 28.7 Å². The number of rotatable bonds is 0. The molecule has 0 heterocycles. The van der Waals surface area contributed by atoms with Crippen molar-refractivity contribution in [1.82, 2.24) is 0 Å². The largest absolute Gasteiger partial charge is 1.00 e. The van der Waals surface area contributed by atoms with Gasteiger partial charge in [0.25, 0.3) is 0 Å². The average Bonchev–Trinajstić information content (AvgIpc) is 1.77. The van der Waals surface area contributed by atoms with Gasteiger partial charge < -0.3 is 1.43 Å². The van der Waals surface area contributed by atoms with E-state index in [0.717, 1.165) is 4.47 Å². The molecule has 0 saturated carbocycles. The van der Waals surface area contributed by atoms with Gasteiger partial charge in [-0.25, -0.2) is 4.39 Å². The fraction of sp³-hybridized carbons (Fsp3) is 0. The molecule has 0 radical (unpaired) electrons. The van der Waals surface area contributed by atoms with Crippen molar-refractivity contribution in [1.29, 1.82) is 0 Å². The van der Waals surface area contributed by atoms with Crippen molar-refractivity contribution in [3.63, 3.8) is 0 Å². The van der Waals surface area contributed by atoms with Gasteiger partial charge in [-0.1, -0.05) is 15.9 Å². The van der Waals surface area contributed by atoms with Crippen molar-refractivity contribution in [3.05, 3.63) is 34.6 Å². The average molecular weight is 199 g/mol. The third kappa shape index (κ3) is 3.36. The van der Waals surface area contributed by atoms with E-state index in [2.05, 4.69) is 15.9 Å². The zero-order valence-corrected chi connectivity index (χ0v) is 8.65. The third-order valence-electron chi connectivity index (χ3n) is 0.804. The molecule has 0 aromatic heterocycles. The van der Waals surface area contributed by atoms with E-state index in [0.29, 0.717) is 0 Å². The van der Waals surface area contributed by atoms with Gasteiger partial charge in [-0.15, -0.1) is 0 Å². The van der Waals surface area contributed by atoms with Crippen LogP contribution in [-0.4, -0.2) is 0 Å². The Morgan fingerprint density at radius 1 is 1.22 bits per heavy atom. The summed E-state index contributed by atoms with van der Waals surface area (Å²) in [7, 11) is 0. The Kier molecular flexibility index (Phi) is 4.76. The number of hydrogen-bond donors (Lipinski definition) is 0. The normalized spacial score (nSPS) is 8.22. The fourth-order valence-electron chi connectivity index (χ4n) is 0.430. The number of hydrogen-bond acceptors (Lipinski definition) is 0. The van der Waals surface area contributed by atoms with E-state index in [9.17, 15) is 4.39 Å². The molecule has 0 aliphatic carbocycles. The van der Waals surface area contributed by atoms with Gasteiger partial charge in [0.05, 0.1) is 0 Å². The SMILES string of the molecule is Fc1ccc(Br)cc1.[H-].[Na+]. The van der Waals surface area contributed by atoms with E-state index >= 15 is 0 Å². The van der Waals surface area contributed by atoms with E-state index in [1.54, 1.807) is 12.1 Å². The van der Waals surface area contributed by atoms with Gasteiger partial charge >= 0.3 is 29.6 Å². The van der Waals surface area contributed by atoms with Crippen LogP contribution in [0.25, 0.3) is 0 Å². The summed E-state index contributed by atoms with van der Waals surface area (Å²) in [4.78, 5) is 0. The summed E-state index contributed by atoms with van der Waals surface area (Å²) in [6.45, 7) is 0. The number of halogens is 2. The summed E-state index contributed by atoms with van der Waals surface area (Å²) < 4.78 is 13.0. The quantitative estimate of drug-likeness (QED) is 0.503. The zero-order chi connectivity index (χ0) is 5.98. The van der Waals surface area contributed by atoms with Crippen molar-refractivity contribution in [3.8, 4) is 0 Å². The summed E-state index contributed by atoms with van der Waals surface area (Å²) in [5, 5.41) is 0. The van der Waals surface area contributed by atoms with E-state index in [4.69, 9.17) is 0 Å². The smallest absolute Gasteiger partial charge is 1.00 e. The zero-order valence-electron chi connectivity index (χ0n) is 6.07. The molecule has 0 nitrogen and oxygen atoms in total. The first-order valence-corrected chi connectivity index (χ1v) is 2.99. The molecular formula is C6H5BrFNa. The van der Waals surface area contributed by atoms with Crippen LogP contribution in [0.2, 0.25) is 0 Å². The second-order valence-corrected chi connectivity index (χ2v) is 2.35. The van der Waals surface area contributed by atoms with Gasteiger partial charge in [-0.3, -0.25) is 0 Å². The predicted molar refractivity (Wildman–Crippen MR) is 35.2 cm³/mol. The first-order chi connectivity index (χ1) is 3.79. The molecule has 1 rings (SSSR count). The van der Waals surface area contributed by atoms with Crippen molar-refractivity contribution in [2.75, 3.05) is 0 Å². The Morgan fingerprint density at radius 2 is 1.67 bits per heavy atom. The standard InChI is InChI=1S/C6H4BrF.Na.H/c7-5-1-3-6(8)4-2-5;;/h1-4H;;/q;+1;-1. The Balaban J connectivity index is 0. The molecule has 0 aliphatic rings. The van der Waals surface area contributed by atoms with Crippen LogP contribution in [0.5, 0.6) is 0 Å². The monoisotopic (exact) mass is 198 g/mol. The minimum absolute atomic E-state index is 0. The molecule has 0 atom stereocenters. The minimum Gasteiger partial charge on any atom is -1.00 e. The molecule has 0 saturated heterocycles. The Hall–Kier alpha value is 0.630. The first kappa shape index (κ1) is 9.63. The predicted octanol–water partition coefficient (Wildman–Crippen LogP) is -0.295. The molecule has 1 aromatic rings. The summed E-state index contributed by atoms with van der Waals surface area (Å²) in [6, 6.07) is 6.14. The number of benzene rings is 1. The Bertz CT molecular complexity index is 157. The van der Waals surface area contributed by atoms with Crippen molar-refractivity contribution in [2.24, 2.45) is 0 Å². The molecule has 3 heteroatoms. The molecule has 0 bridgehead atoms. The maximum Gasteiger partial charge on any atom is 1.00 e. The van der Waals surface area contributed by atoms with Gasteiger partial charge in [-0.2, -0.15) is 0 Å². The summed E-state index contributed by atoms with van der Waals surface area (Å²) in [5.41, 5.74) is 0. The van der Waals surface area contributed by atoms with Crippen molar-refractivity contribution in [2.45, 2.75) is 0 Å². The van der Waals surface area contributed by atoms with Crippen LogP contribution < -0.4 is 29.6 Å². The van der Waals surface area contributed by atoms with E-state index in [-0.39, 0.29) is 36.8 Å². The van der Waals surface area contributed by atoms with Crippen LogP contribution in [0, 0.1) is 5.82 Å². The molecule has 0 amide bonds. The van der Waals surface area contributed by atoms with E-state index < -0.39 is 0 Å². The second kappa shape index (κ2) is 4.45. The molecule has 0 aliphatic heterocycles. The molecule has 0 fully saturated rings. The molecule has 0 N–H and O–H groups in total. The van der Waals surface area contributed by atoms with Crippen LogP contribution in [-0.2, 0) is 0 Å². The summed E-state index contributed by atoms with van der Waals surface area (Å²) in [5.74, 6) is -0.201. The Morgan fingerprint density at radius 3 is 2.00 bits per heavy atom. The fourth-order valence-corrected chi connectivity index (χ4v) is 0.694. The third-order valence-corrected chi connectivity index (χ3v) is 1.33. The maximum atomic E-state index is 12.1. The first-order valence-electron chi connectivity index (χ1n) is 2.20.